The summed E-state index contributed by atoms with van der Waals surface area (Å²) >= 11 is 0. The quantitative estimate of drug-likeness (QED) is 0.742. The molecule has 2 heteroatoms. The van der Waals surface area contributed by atoms with E-state index in [1.807, 2.05) is 61.6 Å². The van der Waals surface area contributed by atoms with Gasteiger partial charge in [0.25, 0.3) is 0 Å². The molecule has 0 amide bonds. The number of rotatable bonds is 3. The van der Waals surface area contributed by atoms with Gasteiger partial charge in [0.15, 0.2) is 0 Å². The molecule has 1 aliphatic rings. The van der Waals surface area contributed by atoms with Gasteiger partial charge in [0.1, 0.15) is 6.61 Å². The molecule has 0 spiro atoms. The lowest BCUT2D eigenvalue weighted by atomic mass is 9.84. The Morgan fingerprint density at radius 2 is 2.06 bits per heavy atom. The molecule has 0 radical (unpaired) electrons. The molecule has 0 saturated heterocycles. The van der Waals surface area contributed by atoms with Gasteiger partial charge in [-0.25, -0.2) is 0 Å². The summed E-state index contributed by atoms with van der Waals surface area (Å²) in [6, 6.07) is 9.72. The van der Waals surface area contributed by atoms with Crippen molar-refractivity contribution in [3.05, 3.63) is 60.2 Å². The van der Waals surface area contributed by atoms with Crippen molar-refractivity contribution in [2.75, 3.05) is 0 Å². The fraction of sp³-hybridized carbons (Fsp3) is 0.267. The fourth-order valence-electron chi connectivity index (χ4n) is 1.77. The normalized spacial score (nSPS) is 22.4. The molecule has 0 saturated carbocycles. The van der Waals surface area contributed by atoms with Crippen LogP contribution in [0.4, 0.5) is 0 Å². The molecule has 1 aromatic rings. The topological polar surface area (TPSA) is 26.3 Å². The van der Waals surface area contributed by atoms with Crippen LogP contribution in [0.2, 0.25) is 0 Å². The molecule has 0 fully saturated rings. The molecule has 1 atom stereocenters. The van der Waals surface area contributed by atoms with Gasteiger partial charge in [-0.2, -0.15) is 0 Å². The van der Waals surface area contributed by atoms with Crippen LogP contribution in [0.1, 0.15) is 18.9 Å². The van der Waals surface area contributed by atoms with E-state index < -0.39 is 5.41 Å². The number of esters is 1. The van der Waals surface area contributed by atoms with Crippen molar-refractivity contribution in [3.63, 3.8) is 0 Å². The molecule has 1 unspecified atom stereocenters. The molecular formula is C15H16O2. The zero-order valence-corrected chi connectivity index (χ0v) is 9.93. The standard InChI is InChI=1S/C15H16O2/c1-15(10-6-3-7-11-15)14(16)17-12-13-8-4-2-5-9-13/h2-10H,11-12H2,1H3. The van der Waals surface area contributed by atoms with Crippen LogP contribution in [0.5, 0.6) is 0 Å². The maximum Gasteiger partial charge on any atom is 0.316 e. The van der Waals surface area contributed by atoms with Gasteiger partial charge in [-0.1, -0.05) is 54.6 Å². The highest BCUT2D eigenvalue weighted by molar-refractivity contribution is 5.79. The summed E-state index contributed by atoms with van der Waals surface area (Å²) in [6.07, 6.45) is 8.45. The molecule has 0 bridgehead atoms. The Balaban J connectivity index is 1.94. The number of ether oxygens (including phenoxy) is 1. The van der Waals surface area contributed by atoms with Gasteiger partial charge in [-0.15, -0.1) is 0 Å². The molecule has 0 aliphatic heterocycles. The molecule has 17 heavy (non-hydrogen) atoms. The third kappa shape index (κ3) is 2.84. The number of allylic oxidation sites excluding steroid dienone is 3. The van der Waals surface area contributed by atoms with Gasteiger partial charge in [-0.05, 0) is 18.9 Å². The zero-order valence-electron chi connectivity index (χ0n) is 9.93. The molecule has 2 nitrogen and oxygen atoms in total. The highest BCUT2D eigenvalue weighted by atomic mass is 16.5. The molecule has 0 aromatic heterocycles. The van der Waals surface area contributed by atoms with Crippen LogP contribution in [0.3, 0.4) is 0 Å². The maximum absolute atomic E-state index is 12.0. The average molecular weight is 228 g/mol. The predicted octanol–water partition coefficient (Wildman–Crippen LogP) is 3.25. The summed E-state index contributed by atoms with van der Waals surface area (Å²) in [5.41, 5.74) is 0.503. The minimum absolute atomic E-state index is 0.165. The van der Waals surface area contributed by atoms with E-state index in [0.29, 0.717) is 13.0 Å². The summed E-state index contributed by atoms with van der Waals surface area (Å²) in [4.78, 5) is 12.0. The fourth-order valence-corrected chi connectivity index (χ4v) is 1.77. The number of benzene rings is 1. The van der Waals surface area contributed by atoms with Gasteiger partial charge in [-0.3, -0.25) is 4.79 Å². The molecule has 1 aromatic carbocycles. The van der Waals surface area contributed by atoms with Crippen LogP contribution < -0.4 is 0 Å². The first kappa shape index (κ1) is 11.6. The summed E-state index contributed by atoms with van der Waals surface area (Å²) < 4.78 is 5.35. The van der Waals surface area contributed by atoms with Gasteiger partial charge in [0.05, 0.1) is 5.41 Å². The first-order valence-electron chi connectivity index (χ1n) is 5.76. The SMILES string of the molecule is CC1(C(=O)OCc2ccccc2)C=CC=CC1. The Morgan fingerprint density at radius 3 is 2.71 bits per heavy atom. The Bertz CT molecular complexity index is 445. The van der Waals surface area contributed by atoms with E-state index in [9.17, 15) is 4.79 Å². The predicted molar refractivity (Wildman–Crippen MR) is 67.2 cm³/mol. The Hall–Kier alpha value is -1.83. The van der Waals surface area contributed by atoms with Crippen molar-refractivity contribution in [3.8, 4) is 0 Å². The van der Waals surface area contributed by atoms with Crippen LogP contribution in [0.15, 0.2) is 54.6 Å². The van der Waals surface area contributed by atoms with E-state index in [-0.39, 0.29) is 5.97 Å². The first-order chi connectivity index (χ1) is 8.21. The summed E-state index contributed by atoms with van der Waals surface area (Å²) in [5, 5.41) is 0. The molecular weight excluding hydrogens is 212 g/mol. The van der Waals surface area contributed by atoms with E-state index >= 15 is 0 Å². The highest BCUT2D eigenvalue weighted by Crippen LogP contribution is 2.28. The van der Waals surface area contributed by atoms with Gasteiger partial charge >= 0.3 is 5.97 Å². The second kappa shape index (κ2) is 5.00. The maximum atomic E-state index is 12.0. The monoisotopic (exact) mass is 228 g/mol. The lowest BCUT2D eigenvalue weighted by Crippen LogP contribution is -2.28. The highest BCUT2D eigenvalue weighted by Gasteiger charge is 2.31. The van der Waals surface area contributed by atoms with Crippen molar-refractivity contribution in [2.24, 2.45) is 5.41 Å². The Labute approximate surface area is 102 Å². The van der Waals surface area contributed by atoms with Crippen molar-refractivity contribution in [2.45, 2.75) is 20.0 Å². The average Bonchev–Trinajstić information content (AvgIpc) is 2.38. The van der Waals surface area contributed by atoms with Crippen molar-refractivity contribution in [1.82, 2.24) is 0 Å². The summed E-state index contributed by atoms with van der Waals surface area (Å²) in [7, 11) is 0. The van der Waals surface area contributed by atoms with Crippen LogP contribution in [-0.2, 0) is 16.1 Å². The minimum atomic E-state index is -0.510. The molecule has 0 heterocycles. The molecule has 2 rings (SSSR count). The molecule has 1 aliphatic carbocycles. The zero-order chi connectivity index (χ0) is 12.1. The second-order valence-corrected chi connectivity index (χ2v) is 4.47. The third-order valence-corrected chi connectivity index (χ3v) is 2.93. The smallest absolute Gasteiger partial charge is 0.316 e. The Kier molecular flexibility index (Phi) is 3.43. The number of carbonyl (C=O) groups excluding carboxylic acids is 1. The van der Waals surface area contributed by atoms with Crippen LogP contribution in [0.25, 0.3) is 0 Å². The van der Waals surface area contributed by atoms with Crippen LogP contribution in [-0.4, -0.2) is 5.97 Å². The van der Waals surface area contributed by atoms with Gasteiger partial charge in [0, 0.05) is 0 Å². The third-order valence-electron chi connectivity index (χ3n) is 2.93. The largest absolute Gasteiger partial charge is 0.460 e. The van der Waals surface area contributed by atoms with Crippen LogP contribution >= 0.6 is 0 Å². The first-order valence-corrected chi connectivity index (χ1v) is 5.76. The lowest BCUT2D eigenvalue weighted by Gasteiger charge is -2.23. The number of hydrogen-bond acceptors (Lipinski definition) is 2. The van der Waals surface area contributed by atoms with Gasteiger partial charge in [0.2, 0.25) is 0 Å². The van der Waals surface area contributed by atoms with E-state index in [1.165, 1.54) is 0 Å². The minimum Gasteiger partial charge on any atom is -0.460 e. The van der Waals surface area contributed by atoms with Gasteiger partial charge < -0.3 is 4.74 Å². The Morgan fingerprint density at radius 1 is 1.29 bits per heavy atom. The van der Waals surface area contributed by atoms with Crippen molar-refractivity contribution in [1.29, 1.82) is 0 Å². The van der Waals surface area contributed by atoms with Crippen LogP contribution in [0, 0.1) is 5.41 Å². The van der Waals surface area contributed by atoms with Crippen molar-refractivity contribution < 1.29 is 9.53 Å². The van der Waals surface area contributed by atoms with E-state index in [0.717, 1.165) is 5.56 Å². The summed E-state index contributed by atoms with van der Waals surface area (Å²) in [6.45, 7) is 2.24. The van der Waals surface area contributed by atoms with E-state index in [4.69, 9.17) is 4.74 Å². The second-order valence-electron chi connectivity index (χ2n) is 4.47. The van der Waals surface area contributed by atoms with E-state index in [1.54, 1.807) is 0 Å². The summed E-state index contributed by atoms with van der Waals surface area (Å²) in [5.74, 6) is -0.165. The molecule has 88 valence electrons. The number of hydrogen-bond donors (Lipinski definition) is 0. The number of carbonyl (C=O) groups is 1. The van der Waals surface area contributed by atoms with E-state index in [2.05, 4.69) is 0 Å². The molecule has 0 N–H and O–H groups in total. The van der Waals surface area contributed by atoms with Crippen molar-refractivity contribution >= 4 is 5.97 Å². The lowest BCUT2D eigenvalue weighted by molar-refractivity contribution is -0.153.